The summed E-state index contributed by atoms with van der Waals surface area (Å²) in [7, 11) is 1.76. The molecule has 0 bridgehead atoms. The van der Waals surface area contributed by atoms with Gasteiger partial charge >= 0.3 is 0 Å². The van der Waals surface area contributed by atoms with E-state index in [1.165, 1.54) is 24.0 Å². The largest absolute Gasteiger partial charge is 0.385 e. The van der Waals surface area contributed by atoms with Crippen molar-refractivity contribution in [1.29, 1.82) is 0 Å². The van der Waals surface area contributed by atoms with E-state index < -0.39 is 0 Å². The number of hydrogen-bond donors (Lipinski definition) is 0. The Morgan fingerprint density at radius 2 is 1.87 bits per heavy atom. The summed E-state index contributed by atoms with van der Waals surface area (Å²) >= 11 is 0. The monoisotopic (exact) mass is 208 g/mol. The third-order valence-electron chi connectivity index (χ3n) is 2.15. The highest BCUT2D eigenvalue weighted by Crippen LogP contribution is 2.07. The maximum absolute atomic E-state index is 5.00. The summed E-state index contributed by atoms with van der Waals surface area (Å²) < 4.78 is 5.00. The zero-order chi connectivity index (χ0) is 11.5. The van der Waals surface area contributed by atoms with Gasteiger partial charge in [-0.2, -0.15) is 0 Å². The molecule has 0 amide bonds. The van der Waals surface area contributed by atoms with Gasteiger partial charge in [-0.1, -0.05) is 43.7 Å². The molecular weight excluding hydrogens is 184 g/mol. The lowest BCUT2D eigenvalue weighted by atomic mass is 10.1. The normalized spacial score (nSPS) is 9.33. The van der Waals surface area contributed by atoms with Gasteiger partial charge in [0.05, 0.1) is 0 Å². The molecule has 0 heterocycles. The van der Waals surface area contributed by atoms with Crippen LogP contribution in [0.5, 0.6) is 0 Å². The van der Waals surface area contributed by atoms with E-state index in [-0.39, 0.29) is 0 Å². The zero-order valence-corrected chi connectivity index (χ0v) is 10.5. The summed E-state index contributed by atoms with van der Waals surface area (Å²) in [6, 6.07) is 8.71. The summed E-state index contributed by atoms with van der Waals surface area (Å²) in [4.78, 5) is 0. The van der Waals surface area contributed by atoms with E-state index in [4.69, 9.17) is 4.74 Å². The Kier molecular flexibility index (Phi) is 9.19. The van der Waals surface area contributed by atoms with Gasteiger partial charge in [0.15, 0.2) is 0 Å². The molecule has 0 unspecified atom stereocenters. The van der Waals surface area contributed by atoms with E-state index in [1.54, 1.807) is 7.11 Å². The Labute approximate surface area is 94.5 Å². The fourth-order valence-corrected chi connectivity index (χ4v) is 1.44. The summed E-state index contributed by atoms with van der Waals surface area (Å²) in [5, 5.41) is 0. The second-order valence-corrected chi connectivity index (χ2v) is 3.44. The SMILES string of the molecule is CC.COCCCCc1cccc(C)c1. The topological polar surface area (TPSA) is 9.23 Å². The van der Waals surface area contributed by atoms with Gasteiger partial charge in [-0.05, 0) is 31.7 Å². The smallest absolute Gasteiger partial charge is 0.0462 e. The Hall–Kier alpha value is -0.820. The van der Waals surface area contributed by atoms with Crippen molar-refractivity contribution in [3.8, 4) is 0 Å². The van der Waals surface area contributed by atoms with Gasteiger partial charge in [-0.15, -0.1) is 0 Å². The number of aryl methyl sites for hydroxylation is 2. The van der Waals surface area contributed by atoms with Gasteiger partial charge in [0.2, 0.25) is 0 Å². The molecule has 15 heavy (non-hydrogen) atoms. The van der Waals surface area contributed by atoms with Crippen LogP contribution >= 0.6 is 0 Å². The lowest BCUT2D eigenvalue weighted by Gasteiger charge is -2.02. The van der Waals surface area contributed by atoms with Crippen molar-refractivity contribution in [2.45, 2.75) is 40.0 Å². The van der Waals surface area contributed by atoms with Crippen molar-refractivity contribution in [3.63, 3.8) is 0 Å². The van der Waals surface area contributed by atoms with Crippen LogP contribution in [0.2, 0.25) is 0 Å². The van der Waals surface area contributed by atoms with E-state index in [9.17, 15) is 0 Å². The van der Waals surface area contributed by atoms with E-state index in [1.807, 2.05) is 13.8 Å². The highest BCUT2D eigenvalue weighted by atomic mass is 16.5. The van der Waals surface area contributed by atoms with E-state index >= 15 is 0 Å². The Morgan fingerprint density at radius 3 is 2.47 bits per heavy atom. The van der Waals surface area contributed by atoms with Gasteiger partial charge in [-0.3, -0.25) is 0 Å². The van der Waals surface area contributed by atoms with Crippen LogP contribution in [0.3, 0.4) is 0 Å². The van der Waals surface area contributed by atoms with Crippen LogP contribution in [0.4, 0.5) is 0 Å². The minimum Gasteiger partial charge on any atom is -0.385 e. The van der Waals surface area contributed by atoms with Crippen LogP contribution in [0.15, 0.2) is 24.3 Å². The number of rotatable bonds is 5. The Bertz CT molecular complexity index is 243. The van der Waals surface area contributed by atoms with Gasteiger partial charge in [0.1, 0.15) is 0 Å². The maximum Gasteiger partial charge on any atom is 0.0462 e. The summed E-state index contributed by atoms with van der Waals surface area (Å²) in [5.41, 5.74) is 2.79. The van der Waals surface area contributed by atoms with Gasteiger partial charge < -0.3 is 4.74 Å². The molecular formula is C14H24O. The minimum absolute atomic E-state index is 0.881. The van der Waals surface area contributed by atoms with Crippen molar-refractivity contribution in [1.82, 2.24) is 0 Å². The molecule has 1 aromatic carbocycles. The van der Waals surface area contributed by atoms with Crippen LogP contribution < -0.4 is 0 Å². The van der Waals surface area contributed by atoms with Crippen LogP contribution in [-0.4, -0.2) is 13.7 Å². The van der Waals surface area contributed by atoms with Crippen molar-refractivity contribution >= 4 is 0 Å². The van der Waals surface area contributed by atoms with Crippen LogP contribution in [-0.2, 0) is 11.2 Å². The van der Waals surface area contributed by atoms with E-state index in [0.717, 1.165) is 13.0 Å². The molecule has 1 nitrogen and oxygen atoms in total. The zero-order valence-electron chi connectivity index (χ0n) is 10.5. The number of benzene rings is 1. The maximum atomic E-state index is 5.00. The molecule has 0 aromatic heterocycles. The molecule has 1 rings (SSSR count). The molecule has 0 N–H and O–H groups in total. The van der Waals surface area contributed by atoms with Crippen molar-refractivity contribution < 1.29 is 4.74 Å². The summed E-state index contributed by atoms with van der Waals surface area (Å²) in [6.07, 6.45) is 3.55. The molecule has 0 saturated carbocycles. The quantitative estimate of drug-likeness (QED) is 0.665. The first-order chi connectivity index (χ1) is 7.33. The molecule has 1 heteroatoms. The molecule has 1 aromatic rings. The lowest BCUT2D eigenvalue weighted by molar-refractivity contribution is 0.193. The number of hydrogen-bond acceptors (Lipinski definition) is 1. The predicted molar refractivity (Wildman–Crippen MR) is 67.3 cm³/mol. The minimum atomic E-state index is 0.881. The van der Waals surface area contributed by atoms with Crippen LogP contribution in [0.25, 0.3) is 0 Å². The van der Waals surface area contributed by atoms with Gasteiger partial charge in [0.25, 0.3) is 0 Å². The number of methoxy groups -OCH3 is 1. The molecule has 0 aliphatic rings. The van der Waals surface area contributed by atoms with Gasteiger partial charge in [0, 0.05) is 13.7 Å². The second-order valence-electron chi connectivity index (χ2n) is 3.44. The van der Waals surface area contributed by atoms with Crippen molar-refractivity contribution in [2.75, 3.05) is 13.7 Å². The summed E-state index contributed by atoms with van der Waals surface area (Å²) in [6.45, 7) is 7.02. The molecule has 0 atom stereocenters. The summed E-state index contributed by atoms with van der Waals surface area (Å²) in [5.74, 6) is 0. The predicted octanol–water partition coefficient (Wildman–Crippen LogP) is 3.99. The first-order valence-electron chi connectivity index (χ1n) is 5.87. The first-order valence-corrected chi connectivity index (χ1v) is 5.87. The highest BCUT2D eigenvalue weighted by Gasteiger charge is 1.93. The molecule has 0 aliphatic heterocycles. The standard InChI is InChI=1S/C12H18O.C2H6/c1-11-6-5-8-12(10-11)7-3-4-9-13-2;1-2/h5-6,8,10H,3-4,7,9H2,1-2H3;1-2H3. The average Bonchev–Trinajstić information content (AvgIpc) is 2.27. The molecule has 0 saturated heterocycles. The fraction of sp³-hybridized carbons (Fsp3) is 0.571. The average molecular weight is 208 g/mol. The molecule has 0 aliphatic carbocycles. The van der Waals surface area contributed by atoms with E-state index in [0.29, 0.717) is 0 Å². The Morgan fingerprint density at radius 1 is 1.13 bits per heavy atom. The molecule has 0 radical (unpaired) electrons. The van der Waals surface area contributed by atoms with E-state index in [2.05, 4.69) is 31.2 Å². The van der Waals surface area contributed by atoms with Crippen LogP contribution in [0, 0.1) is 6.92 Å². The third-order valence-corrected chi connectivity index (χ3v) is 2.15. The third kappa shape index (κ3) is 7.15. The number of ether oxygens (including phenoxy) is 1. The van der Waals surface area contributed by atoms with Gasteiger partial charge in [-0.25, -0.2) is 0 Å². The lowest BCUT2D eigenvalue weighted by Crippen LogP contribution is -1.91. The Balaban J connectivity index is 0.000000921. The highest BCUT2D eigenvalue weighted by molar-refractivity contribution is 5.22. The number of unbranched alkanes of at least 4 members (excludes halogenated alkanes) is 1. The molecule has 0 spiro atoms. The fourth-order valence-electron chi connectivity index (χ4n) is 1.44. The van der Waals surface area contributed by atoms with Crippen molar-refractivity contribution in [2.24, 2.45) is 0 Å². The van der Waals surface area contributed by atoms with Crippen molar-refractivity contribution in [3.05, 3.63) is 35.4 Å². The molecule has 0 fully saturated rings. The molecule has 86 valence electrons. The second kappa shape index (κ2) is 9.72. The van der Waals surface area contributed by atoms with Crippen LogP contribution in [0.1, 0.15) is 37.8 Å². The first kappa shape index (κ1) is 14.2.